The summed E-state index contributed by atoms with van der Waals surface area (Å²) in [5.41, 5.74) is 3.50. The Balaban J connectivity index is 1.35. The minimum atomic E-state index is 0.536. The molecule has 2 aromatic heterocycles. The quantitative estimate of drug-likeness (QED) is 0.722. The SMILES string of the molecule is CCc1nnc(CN(C)C2CCN(c3cccc(-c4ccn[nH]4)c3)CC2)o1. The van der Waals surface area contributed by atoms with Gasteiger partial charge in [0.1, 0.15) is 0 Å². The van der Waals surface area contributed by atoms with Crippen LogP contribution in [0.4, 0.5) is 5.69 Å². The highest BCUT2D eigenvalue weighted by molar-refractivity contribution is 5.65. The van der Waals surface area contributed by atoms with Gasteiger partial charge in [0.15, 0.2) is 0 Å². The molecule has 1 N–H and O–H groups in total. The van der Waals surface area contributed by atoms with Crippen LogP contribution < -0.4 is 4.90 Å². The third-order valence-corrected chi connectivity index (χ3v) is 5.31. The summed E-state index contributed by atoms with van der Waals surface area (Å²) in [5.74, 6) is 1.43. The van der Waals surface area contributed by atoms with E-state index in [1.165, 1.54) is 11.3 Å². The molecule has 1 saturated heterocycles. The van der Waals surface area contributed by atoms with E-state index in [0.717, 1.165) is 38.0 Å². The summed E-state index contributed by atoms with van der Waals surface area (Å²) in [6.45, 7) is 4.84. The number of anilines is 1. The Morgan fingerprint density at radius 2 is 2.00 bits per heavy atom. The highest BCUT2D eigenvalue weighted by Crippen LogP contribution is 2.26. The number of piperidine rings is 1. The predicted octanol–water partition coefficient (Wildman–Crippen LogP) is 3.12. The van der Waals surface area contributed by atoms with Crippen LogP contribution in [0.15, 0.2) is 40.9 Å². The van der Waals surface area contributed by atoms with E-state index in [2.05, 4.69) is 61.5 Å². The number of nitrogens with zero attached hydrogens (tertiary/aromatic N) is 5. The Morgan fingerprint density at radius 1 is 1.19 bits per heavy atom. The van der Waals surface area contributed by atoms with Gasteiger partial charge in [-0.3, -0.25) is 10.00 Å². The zero-order valence-corrected chi connectivity index (χ0v) is 15.9. The summed E-state index contributed by atoms with van der Waals surface area (Å²) < 4.78 is 5.65. The number of benzene rings is 1. The van der Waals surface area contributed by atoms with Gasteiger partial charge in [0.2, 0.25) is 11.8 Å². The second-order valence-corrected chi connectivity index (χ2v) is 7.10. The number of nitrogens with one attached hydrogen (secondary N) is 1. The van der Waals surface area contributed by atoms with Crippen LogP contribution in [0.1, 0.15) is 31.5 Å². The highest BCUT2D eigenvalue weighted by atomic mass is 16.4. The fraction of sp³-hybridized carbons (Fsp3) is 0.450. The van der Waals surface area contributed by atoms with E-state index >= 15 is 0 Å². The molecule has 27 heavy (non-hydrogen) atoms. The van der Waals surface area contributed by atoms with Crippen LogP contribution in [0.25, 0.3) is 11.3 Å². The Morgan fingerprint density at radius 3 is 2.70 bits per heavy atom. The van der Waals surface area contributed by atoms with E-state index in [0.29, 0.717) is 24.4 Å². The molecule has 7 nitrogen and oxygen atoms in total. The van der Waals surface area contributed by atoms with Gasteiger partial charge in [-0.05, 0) is 38.1 Å². The van der Waals surface area contributed by atoms with E-state index in [1.54, 1.807) is 6.20 Å². The number of aromatic amines is 1. The van der Waals surface area contributed by atoms with E-state index < -0.39 is 0 Å². The van der Waals surface area contributed by atoms with Crippen molar-refractivity contribution in [3.05, 3.63) is 48.3 Å². The van der Waals surface area contributed by atoms with Crippen LogP contribution >= 0.6 is 0 Å². The molecule has 0 saturated carbocycles. The summed E-state index contributed by atoms with van der Waals surface area (Å²) in [6.07, 6.45) is 4.82. The van der Waals surface area contributed by atoms with Gasteiger partial charge >= 0.3 is 0 Å². The van der Waals surface area contributed by atoms with Crippen LogP contribution in [-0.2, 0) is 13.0 Å². The Bertz CT molecular complexity index is 851. The first-order valence-electron chi connectivity index (χ1n) is 9.59. The topological polar surface area (TPSA) is 74.1 Å². The summed E-state index contributed by atoms with van der Waals surface area (Å²) in [7, 11) is 2.15. The second kappa shape index (κ2) is 7.92. The normalized spacial score (nSPS) is 15.6. The molecule has 0 atom stereocenters. The van der Waals surface area contributed by atoms with Gasteiger partial charge in [0, 0.05) is 43.0 Å². The summed E-state index contributed by atoms with van der Waals surface area (Å²) >= 11 is 0. The zero-order chi connectivity index (χ0) is 18.6. The van der Waals surface area contributed by atoms with Crippen molar-refractivity contribution in [2.45, 2.75) is 38.8 Å². The van der Waals surface area contributed by atoms with Crippen LogP contribution in [-0.4, -0.2) is 51.5 Å². The zero-order valence-electron chi connectivity index (χ0n) is 15.9. The molecule has 0 radical (unpaired) electrons. The molecule has 3 aromatic rings. The predicted molar refractivity (Wildman–Crippen MR) is 104 cm³/mol. The van der Waals surface area contributed by atoms with Gasteiger partial charge in [0.05, 0.1) is 12.2 Å². The van der Waals surface area contributed by atoms with Crippen LogP contribution in [0.2, 0.25) is 0 Å². The number of hydrogen-bond donors (Lipinski definition) is 1. The molecule has 1 aliphatic rings. The minimum Gasteiger partial charge on any atom is -0.424 e. The van der Waals surface area contributed by atoms with Gasteiger partial charge in [-0.1, -0.05) is 19.1 Å². The lowest BCUT2D eigenvalue weighted by Crippen LogP contribution is -2.43. The van der Waals surface area contributed by atoms with Gasteiger partial charge in [-0.2, -0.15) is 5.10 Å². The van der Waals surface area contributed by atoms with Crippen molar-refractivity contribution < 1.29 is 4.42 Å². The molecule has 4 rings (SSSR count). The molecule has 0 amide bonds. The maximum atomic E-state index is 5.65. The molecule has 0 aliphatic carbocycles. The average molecular weight is 366 g/mol. The van der Waals surface area contributed by atoms with Crippen molar-refractivity contribution in [3.63, 3.8) is 0 Å². The highest BCUT2D eigenvalue weighted by Gasteiger charge is 2.24. The van der Waals surface area contributed by atoms with Crippen molar-refractivity contribution in [1.82, 2.24) is 25.3 Å². The molecule has 0 spiro atoms. The molecule has 3 heterocycles. The van der Waals surface area contributed by atoms with Gasteiger partial charge in [0.25, 0.3) is 0 Å². The summed E-state index contributed by atoms with van der Waals surface area (Å²) in [5, 5.41) is 15.3. The van der Waals surface area contributed by atoms with Crippen LogP contribution in [0.3, 0.4) is 0 Å². The van der Waals surface area contributed by atoms with Crippen molar-refractivity contribution in [1.29, 1.82) is 0 Å². The van der Waals surface area contributed by atoms with Crippen LogP contribution in [0, 0.1) is 0 Å². The lowest BCUT2D eigenvalue weighted by molar-refractivity contribution is 0.183. The lowest BCUT2D eigenvalue weighted by Gasteiger charge is -2.37. The number of H-pyrrole nitrogens is 1. The standard InChI is InChI=1S/C20H26N6O/c1-3-19-23-24-20(27-19)14-25(2)16-8-11-26(12-9-16)17-6-4-5-15(13-17)18-7-10-21-22-18/h4-7,10,13,16H,3,8-9,11-12,14H2,1-2H3,(H,21,22). The number of hydrogen-bond acceptors (Lipinski definition) is 6. The molecule has 7 heteroatoms. The van der Waals surface area contributed by atoms with Gasteiger partial charge in [-0.15, -0.1) is 10.2 Å². The van der Waals surface area contributed by atoms with Gasteiger partial charge in [-0.25, -0.2) is 0 Å². The monoisotopic (exact) mass is 366 g/mol. The smallest absolute Gasteiger partial charge is 0.230 e. The fourth-order valence-corrected chi connectivity index (χ4v) is 3.69. The van der Waals surface area contributed by atoms with Crippen molar-refractivity contribution in [2.75, 3.05) is 25.0 Å². The molecular weight excluding hydrogens is 340 g/mol. The average Bonchev–Trinajstić information content (AvgIpc) is 3.40. The Labute approximate surface area is 159 Å². The van der Waals surface area contributed by atoms with E-state index in [-0.39, 0.29) is 0 Å². The lowest BCUT2D eigenvalue weighted by atomic mass is 10.0. The van der Waals surface area contributed by atoms with Crippen LogP contribution in [0.5, 0.6) is 0 Å². The Kier molecular flexibility index (Phi) is 5.20. The largest absolute Gasteiger partial charge is 0.424 e. The van der Waals surface area contributed by atoms with Crippen molar-refractivity contribution in [3.8, 4) is 11.3 Å². The maximum Gasteiger partial charge on any atom is 0.230 e. The summed E-state index contributed by atoms with van der Waals surface area (Å²) in [6, 6.07) is 11.2. The minimum absolute atomic E-state index is 0.536. The molecule has 0 bridgehead atoms. The Hall–Kier alpha value is -2.67. The second-order valence-electron chi connectivity index (χ2n) is 7.10. The third kappa shape index (κ3) is 4.03. The van der Waals surface area contributed by atoms with Gasteiger partial charge < -0.3 is 9.32 Å². The van der Waals surface area contributed by atoms with E-state index in [9.17, 15) is 0 Å². The number of aryl methyl sites for hydroxylation is 1. The van der Waals surface area contributed by atoms with Crippen molar-refractivity contribution in [2.24, 2.45) is 0 Å². The van der Waals surface area contributed by atoms with E-state index in [1.807, 2.05) is 13.0 Å². The molecule has 0 unspecified atom stereocenters. The first-order valence-corrected chi connectivity index (χ1v) is 9.59. The molecule has 1 fully saturated rings. The first-order chi connectivity index (χ1) is 13.2. The maximum absolute atomic E-state index is 5.65. The number of rotatable bonds is 6. The van der Waals surface area contributed by atoms with Crippen molar-refractivity contribution >= 4 is 5.69 Å². The molecule has 1 aliphatic heterocycles. The molecular formula is C20H26N6O. The number of aromatic nitrogens is 4. The third-order valence-electron chi connectivity index (χ3n) is 5.31. The molecule has 1 aromatic carbocycles. The fourth-order valence-electron chi connectivity index (χ4n) is 3.69. The van der Waals surface area contributed by atoms with E-state index in [4.69, 9.17) is 4.42 Å². The summed E-state index contributed by atoms with van der Waals surface area (Å²) in [4.78, 5) is 4.80. The first kappa shape index (κ1) is 17.7. The molecule has 142 valence electrons.